The van der Waals surface area contributed by atoms with Crippen LogP contribution in [-0.2, 0) is 39.3 Å². The van der Waals surface area contributed by atoms with Crippen LogP contribution in [-0.4, -0.2) is 25.9 Å². The summed E-state index contributed by atoms with van der Waals surface area (Å²) in [5, 5.41) is 4.77. The van der Waals surface area contributed by atoms with Crippen LogP contribution < -0.4 is 5.73 Å². The second-order valence-corrected chi connectivity index (χ2v) is 5.05. The third kappa shape index (κ3) is 2.93. The second kappa shape index (κ2) is 6.70. The van der Waals surface area contributed by atoms with E-state index in [2.05, 4.69) is 28.1 Å². The van der Waals surface area contributed by atoms with Crippen LogP contribution in [0.4, 0.5) is 0 Å². The Labute approximate surface area is 120 Å². The van der Waals surface area contributed by atoms with Gasteiger partial charge in [-0.1, -0.05) is 13.8 Å². The maximum atomic E-state index is 5.74. The summed E-state index contributed by atoms with van der Waals surface area (Å²) in [6, 6.07) is 0. The fourth-order valence-electron chi connectivity index (χ4n) is 2.73. The molecule has 20 heavy (non-hydrogen) atoms. The monoisotopic (exact) mass is 275 g/mol. The number of aryl methyl sites for hydroxylation is 4. The standard InChI is InChI=1S/C15H25N5/c1-4-13-12(6-8-16)14(5-2)20(18-13)10-7-15-17-9-11-19(15)3/h9,11H,4-8,10,16H2,1-3H3. The second-order valence-electron chi connectivity index (χ2n) is 5.05. The average molecular weight is 275 g/mol. The fraction of sp³-hybridized carbons (Fsp3) is 0.600. The van der Waals surface area contributed by atoms with Crippen molar-refractivity contribution in [1.29, 1.82) is 0 Å². The summed E-state index contributed by atoms with van der Waals surface area (Å²) in [6.07, 6.45) is 7.63. The molecular formula is C15H25N5. The highest BCUT2D eigenvalue weighted by Gasteiger charge is 2.15. The minimum atomic E-state index is 0.686. The van der Waals surface area contributed by atoms with Gasteiger partial charge in [-0.25, -0.2) is 4.98 Å². The molecule has 2 heterocycles. The SMILES string of the molecule is CCc1nn(CCc2nccn2C)c(CC)c1CCN. The summed E-state index contributed by atoms with van der Waals surface area (Å²) in [5.74, 6) is 1.10. The van der Waals surface area contributed by atoms with Gasteiger partial charge in [-0.15, -0.1) is 0 Å². The summed E-state index contributed by atoms with van der Waals surface area (Å²) in [7, 11) is 2.03. The van der Waals surface area contributed by atoms with Gasteiger partial charge >= 0.3 is 0 Å². The van der Waals surface area contributed by atoms with Crippen molar-refractivity contribution in [2.45, 2.75) is 46.1 Å². The minimum absolute atomic E-state index is 0.686. The molecule has 0 unspecified atom stereocenters. The lowest BCUT2D eigenvalue weighted by Crippen LogP contribution is -2.11. The van der Waals surface area contributed by atoms with E-state index in [0.29, 0.717) is 6.54 Å². The van der Waals surface area contributed by atoms with Crippen molar-refractivity contribution in [3.8, 4) is 0 Å². The lowest BCUT2D eigenvalue weighted by Gasteiger charge is -2.07. The van der Waals surface area contributed by atoms with Crippen molar-refractivity contribution >= 4 is 0 Å². The zero-order valence-electron chi connectivity index (χ0n) is 12.8. The third-order valence-electron chi connectivity index (χ3n) is 3.78. The van der Waals surface area contributed by atoms with E-state index in [4.69, 9.17) is 10.8 Å². The molecule has 0 aliphatic rings. The molecule has 5 heteroatoms. The van der Waals surface area contributed by atoms with Crippen LogP contribution in [0.3, 0.4) is 0 Å². The normalized spacial score (nSPS) is 11.2. The molecule has 0 atom stereocenters. The number of hydrogen-bond acceptors (Lipinski definition) is 3. The lowest BCUT2D eigenvalue weighted by molar-refractivity contribution is 0.561. The maximum Gasteiger partial charge on any atom is 0.110 e. The van der Waals surface area contributed by atoms with Crippen LogP contribution in [0, 0.1) is 0 Å². The number of hydrogen-bond donors (Lipinski definition) is 1. The molecule has 0 spiro atoms. The van der Waals surface area contributed by atoms with Gasteiger partial charge in [0.05, 0.1) is 5.69 Å². The molecule has 0 bridgehead atoms. The Kier molecular flexibility index (Phi) is 4.95. The first kappa shape index (κ1) is 14.8. The van der Waals surface area contributed by atoms with E-state index < -0.39 is 0 Å². The molecule has 5 nitrogen and oxygen atoms in total. The summed E-state index contributed by atoms with van der Waals surface area (Å²) in [6.45, 7) is 5.91. The van der Waals surface area contributed by atoms with Crippen LogP contribution in [0.1, 0.15) is 36.6 Å². The summed E-state index contributed by atoms with van der Waals surface area (Å²) >= 11 is 0. The van der Waals surface area contributed by atoms with E-state index in [1.165, 1.54) is 17.0 Å². The van der Waals surface area contributed by atoms with E-state index in [-0.39, 0.29) is 0 Å². The Bertz CT molecular complexity index is 553. The van der Waals surface area contributed by atoms with E-state index in [0.717, 1.165) is 38.1 Å². The van der Waals surface area contributed by atoms with Gasteiger partial charge in [0.25, 0.3) is 0 Å². The first-order valence-electron chi connectivity index (χ1n) is 7.44. The van der Waals surface area contributed by atoms with Crippen LogP contribution >= 0.6 is 0 Å². The predicted octanol–water partition coefficient (Wildman–Crippen LogP) is 1.49. The van der Waals surface area contributed by atoms with Crippen LogP contribution in [0.25, 0.3) is 0 Å². The van der Waals surface area contributed by atoms with Crippen LogP contribution in [0.15, 0.2) is 12.4 Å². The van der Waals surface area contributed by atoms with Gasteiger partial charge in [-0.2, -0.15) is 5.10 Å². The van der Waals surface area contributed by atoms with Gasteiger partial charge in [0.1, 0.15) is 5.82 Å². The van der Waals surface area contributed by atoms with Crippen molar-refractivity contribution in [3.05, 3.63) is 35.2 Å². The fourth-order valence-corrected chi connectivity index (χ4v) is 2.73. The molecule has 0 fully saturated rings. The molecule has 110 valence electrons. The number of rotatable bonds is 7. The van der Waals surface area contributed by atoms with E-state index in [1.54, 1.807) is 0 Å². The van der Waals surface area contributed by atoms with Gasteiger partial charge in [0, 0.05) is 38.1 Å². The van der Waals surface area contributed by atoms with Crippen LogP contribution in [0.2, 0.25) is 0 Å². The van der Waals surface area contributed by atoms with Crippen molar-refractivity contribution in [2.24, 2.45) is 12.8 Å². The predicted molar refractivity (Wildman–Crippen MR) is 80.7 cm³/mol. The van der Waals surface area contributed by atoms with Gasteiger partial charge in [-0.05, 0) is 31.4 Å². The smallest absolute Gasteiger partial charge is 0.110 e. The molecule has 0 radical (unpaired) electrons. The Morgan fingerprint density at radius 2 is 2.00 bits per heavy atom. The van der Waals surface area contributed by atoms with Crippen molar-refractivity contribution in [1.82, 2.24) is 19.3 Å². The highest BCUT2D eigenvalue weighted by molar-refractivity contribution is 5.27. The molecule has 0 aliphatic heterocycles. The molecule has 2 aromatic heterocycles. The molecule has 0 saturated carbocycles. The van der Waals surface area contributed by atoms with E-state index in [1.807, 2.05) is 19.4 Å². The third-order valence-corrected chi connectivity index (χ3v) is 3.78. The van der Waals surface area contributed by atoms with Crippen molar-refractivity contribution in [3.63, 3.8) is 0 Å². The molecule has 0 amide bonds. The Balaban J connectivity index is 2.20. The summed E-state index contributed by atoms with van der Waals surface area (Å²) in [4.78, 5) is 4.37. The van der Waals surface area contributed by atoms with Gasteiger partial charge in [0.15, 0.2) is 0 Å². The van der Waals surface area contributed by atoms with Crippen molar-refractivity contribution in [2.75, 3.05) is 6.54 Å². The molecular weight excluding hydrogens is 250 g/mol. The zero-order chi connectivity index (χ0) is 14.5. The van der Waals surface area contributed by atoms with Crippen LogP contribution in [0.5, 0.6) is 0 Å². The number of nitrogens with two attached hydrogens (primary N) is 1. The topological polar surface area (TPSA) is 61.7 Å². The molecule has 0 aliphatic carbocycles. The van der Waals surface area contributed by atoms with Crippen molar-refractivity contribution < 1.29 is 0 Å². The first-order chi connectivity index (χ1) is 9.71. The molecule has 2 N–H and O–H groups in total. The maximum absolute atomic E-state index is 5.74. The highest BCUT2D eigenvalue weighted by Crippen LogP contribution is 2.17. The Morgan fingerprint density at radius 1 is 1.20 bits per heavy atom. The number of aromatic nitrogens is 4. The summed E-state index contributed by atoms with van der Waals surface area (Å²) < 4.78 is 4.22. The number of imidazole rings is 1. The van der Waals surface area contributed by atoms with E-state index >= 15 is 0 Å². The minimum Gasteiger partial charge on any atom is -0.338 e. The summed E-state index contributed by atoms with van der Waals surface area (Å²) in [5.41, 5.74) is 9.63. The largest absolute Gasteiger partial charge is 0.338 e. The molecule has 2 rings (SSSR count). The zero-order valence-corrected chi connectivity index (χ0v) is 12.8. The molecule has 0 saturated heterocycles. The Morgan fingerprint density at radius 3 is 2.55 bits per heavy atom. The van der Waals surface area contributed by atoms with E-state index in [9.17, 15) is 0 Å². The molecule has 2 aromatic rings. The van der Waals surface area contributed by atoms with Gasteiger partial charge in [-0.3, -0.25) is 4.68 Å². The first-order valence-corrected chi connectivity index (χ1v) is 7.44. The average Bonchev–Trinajstić information content (AvgIpc) is 3.00. The quantitative estimate of drug-likeness (QED) is 0.832. The highest BCUT2D eigenvalue weighted by atomic mass is 15.3. The lowest BCUT2D eigenvalue weighted by atomic mass is 10.1. The Hall–Kier alpha value is -1.62. The van der Waals surface area contributed by atoms with Gasteiger partial charge < -0.3 is 10.3 Å². The molecule has 0 aromatic carbocycles. The van der Waals surface area contributed by atoms with Gasteiger partial charge in [0.2, 0.25) is 0 Å². The number of nitrogens with zero attached hydrogens (tertiary/aromatic N) is 4.